The molecule has 0 spiro atoms. The molecule has 1 aromatic rings. The van der Waals surface area contributed by atoms with Gasteiger partial charge in [0.15, 0.2) is 0 Å². The van der Waals surface area contributed by atoms with Gasteiger partial charge in [-0.1, -0.05) is 0 Å². The van der Waals surface area contributed by atoms with Crippen LogP contribution in [0.25, 0.3) is 0 Å². The summed E-state index contributed by atoms with van der Waals surface area (Å²) in [5, 5.41) is 9.31. The standard InChI is InChI=1S/C13H19N3O2/c1-9-7-10(18-2)3-4-11(9)16-13(17)12-8-14-5-6-15-12/h3-4,7,12,14-15H,5-6,8H2,1-2H3,(H,16,17). The number of hydrogen-bond donors (Lipinski definition) is 3. The number of carbonyl (C=O) groups is 1. The molecule has 5 heteroatoms. The van der Waals surface area contributed by atoms with E-state index in [1.807, 2.05) is 25.1 Å². The van der Waals surface area contributed by atoms with E-state index >= 15 is 0 Å². The van der Waals surface area contributed by atoms with E-state index in [2.05, 4.69) is 16.0 Å². The van der Waals surface area contributed by atoms with Crippen LogP contribution in [0.4, 0.5) is 5.69 Å². The number of carbonyl (C=O) groups excluding carboxylic acids is 1. The van der Waals surface area contributed by atoms with Crippen molar-refractivity contribution in [3.8, 4) is 5.75 Å². The molecule has 18 heavy (non-hydrogen) atoms. The second-order valence-corrected chi connectivity index (χ2v) is 4.38. The van der Waals surface area contributed by atoms with Crippen molar-refractivity contribution in [1.29, 1.82) is 0 Å². The molecule has 0 aromatic heterocycles. The first-order valence-electron chi connectivity index (χ1n) is 6.10. The Morgan fingerprint density at radius 3 is 2.89 bits per heavy atom. The summed E-state index contributed by atoms with van der Waals surface area (Å²) in [4.78, 5) is 12.0. The molecule has 1 unspecified atom stereocenters. The van der Waals surface area contributed by atoms with Gasteiger partial charge in [0.2, 0.25) is 5.91 Å². The minimum absolute atomic E-state index is 0.00420. The van der Waals surface area contributed by atoms with Gasteiger partial charge in [0.1, 0.15) is 5.75 Å². The van der Waals surface area contributed by atoms with Gasteiger partial charge in [-0.25, -0.2) is 0 Å². The molecule has 0 radical (unpaired) electrons. The molecular weight excluding hydrogens is 230 g/mol. The Morgan fingerprint density at radius 1 is 1.44 bits per heavy atom. The van der Waals surface area contributed by atoms with Gasteiger partial charge < -0.3 is 20.7 Å². The lowest BCUT2D eigenvalue weighted by molar-refractivity contribution is -0.118. The topological polar surface area (TPSA) is 62.4 Å². The van der Waals surface area contributed by atoms with Crippen molar-refractivity contribution in [2.75, 3.05) is 32.1 Å². The van der Waals surface area contributed by atoms with Gasteiger partial charge in [-0.05, 0) is 30.7 Å². The van der Waals surface area contributed by atoms with Crippen molar-refractivity contribution in [2.24, 2.45) is 0 Å². The van der Waals surface area contributed by atoms with E-state index in [-0.39, 0.29) is 11.9 Å². The zero-order valence-corrected chi connectivity index (χ0v) is 10.7. The largest absolute Gasteiger partial charge is 0.497 e. The highest BCUT2D eigenvalue weighted by Crippen LogP contribution is 2.21. The molecule has 0 saturated carbocycles. The first-order valence-corrected chi connectivity index (χ1v) is 6.10. The van der Waals surface area contributed by atoms with Gasteiger partial charge in [0.25, 0.3) is 0 Å². The summed E-state index contributed by atoms with van der Waals surface area (Å²) in [6.45, 7) is 4.34. The molecular formula is C13H19N3O2. The van der Waals surface area contributed by atoms with Crippen LogP contribution in [0.3, 0.4) is 0 Å². The monoisotopic (exact) mass is 249 g/mol. The second-order valence-electron chi connectivity index (χ2n) is 4.38. The Balaban J connectivity index is 2.02. The minimum atomic E-state index is -0.166. The molecule has 3 N–H and O–H groups in total. The van der Waals surface area contributed by atoms with Crippen LogP contribution >= 0.6 is 0 Å². The smallest absolute Gasteiger partial charge is 0.242 e. The normalized spacial score (nSPS) is 19.3. The van der Waals surface area contributed by atoms with E-state index < -0.39 is 0 Å². The number of nitrogens with one attached hydrogen (secondary N) is 3. The third-order valence-electron chi connectivity index (χ3n) is 3.05. The van der Waals surface area contributed by atoms with Gasteiger partial charge in [0, 0.05) is 25.3 Å². The molecule has 1 atom stereocenters. The van der Waals surface area contributed by atoms with Crippen molar-refractivity contribution in [3.63, 3.8) is 0 Å². The van der Waals surface area contributed by atoms with Gasteiger partial charge in [-0.3, -0.25) is 4.79 Å². The summed E-state index contributed by atoms with van der Waals surface area (Å²) in [5.74, 6) is 0.790. The number of piperazine rings is 1. The summed E-state index contributed by atoms with van der Waals surface area (Å²) in [6.07, 6.45) is 0. The molecule has 1 fully saturated rings. The van der Waals surface area contributed by atoms with Crippen molar-refractivity contribution in [2.45, 2.75) is 13.0 Å². The second kappa shape index (κ2) is 5.84. The summed E-state index contributed by atoms with van der Waals surface area (Å²) in [5.41, 5.74) is 1.82. The Morgan fingerprint density at radius 2 is 2.28 bits per heavy atom. The van der Waals surface area contributed by atoms with Crippen LogP contribution < -0.4 is 20.7 Å². The van der Waals surface area contributed by atoms with E-state index in [1.54, 1.807) is 7.11 Å². The Labute approximate surface area is 107 Å². The minimum Gasteiger partial charge on any atom is -0.497 e. The van der Waals surface area contributed by atoms with Gasteiger partial charge in [-0.15, -0.1) is 0 Å². The van der Waals surface area contributed by atoms with Crippen LogP contribution in [-0.2, 0) is 4.79 Å². The molecule has 1 heterocycles. The van der Waals surface area contributed by atoms with Crippen LogP contribution in [0.1, 0.15) is 5.56 Å². The van der Waals surface area contributed by atoms with E-state index in [4.69, 9.17) is 4.74 Å². The van der Waals surface area contributed by atoms with Crippen LogP contribution in [0.15, 0.2) is 18.2 Å². The van der Waals surface area contributed by atoms with Gasteiger partial charge in [-0.2, -0.15) is 0 Å². The number of amides is 1. The first kappa shape index (κ1) is 12.9. The van der Waals surface area contributed by atoms with Gasteiger partial charge >= 0.3 is 0 Å². The maximum atomic E-state index is 12.0. The number of methoxy groups -OCH3 is 1. The Bertz CT molecular complexity index is 428. The lowest BCUT2D eigenvalue weighted by Crippen LogP contribution is -2.54. The van der Waals surface area contributed by atoms with Crippen LogP contribution in [0, 0.1) is 6.92 Å². The van der Waals surface area contributed by atoms with Crippen molar-refractivity contribution in [1.82, 2.24) is 10.6 Å². The van der Waals surface area contributed by atoms with Crippen LogP contribution in [-0.4, -0.2) is 38.7 Å². The van der Waals surface area contributed by atoms with E-state index in [0.717, 1.165) is 30.1 Å². The zero-order chi connectivity index (χ0) is 13.0. The maximum absolute atomic E-state index is 12.0. The van der Waals surface area contributed by atoms with E-state index in [0.29, 0.717) is 6.54 Å². The van der Waals surface area contributed by atoms with Crippen molar-refractivity contribution in [3.05, 3.63) is 23.8 Å². The molecule has 1 aliphatic heterocycles. The maximum Gasteiger partial charge on any atom is 0.242 e. The molecule has 1 saturated heterocycles. The average Bonchev–Trinajstić information content (AvgIpc) is 2.42. The molecule has 1 amide bonds. The first-order chi connectivity index (χ1) is 8.70. The summed E-state index contributed by atoms with van der Waals surface area (Å²) in [6, 6.07) is 5.44. The number of anilines is 1. The fourth-order valence-corrected chi connectivity index (χ4v) is 1.96. The predicted octanol–water partition coefficient (Wildman–Crippen LogP) is 0.504. The number of hydrogen-bond acceptors (Lipinski definition) is 4. The van der Waals surface area contributed by atoms with Gasteiger partial charge in [0.05, 0.1) is 13.2 Å². The quantitative estimate of drug-likeness (QED) is 0.730. The zero-order valence-electron chi connectivity index (χ0n) is 10.7. The Kier molecular flexibility index (Phi) is 4.17. The summed E-state index contributed by atoms with van der Waals surface area (Å²) in [7, 11) is 1.63. The van der Waals surface area contributed by atoms with Crippen molar-refractivity contribution >= 4 is 11.6 Å². The summed E-state index contributed by atoms with van der Waals surface area (Å²) < 4.78 is 5.14. The molecule has 5 nitrogen and oxygen atoms in total. The lowest BCUT2D eigenvalue weighted by atomic mass is 10.1. The average molecular weight is 249 g/mol. The predicted molar refractivity (Wildman–Crippen MR) is 71.0 cm³/mol. The third-order valence-corrected chi connectivity index (χ3v) is 3.05. The molecule has 2 rings (SSSR count). The number of rotatable bonds is 3. The molecule has 0 bridgehead atoms. The highest BCUT2D eigenvalue weighted by atomic mass is 16.5. The molecule has 1 aliphatic rings. The molecule has 0 aliphatic carbocycles. The van der Waals surface area contributed by atoms with Crippen LogP contribution in [0.2, 0.25) is 0 Å². The lowest BCUT2D eigenvalue weighted by Gasteiger charge is -2.24. The fraction of sp³-hybridized carbons (Fsp3) is 0.462. The Hall–Kier alpha value is -1.59. The van der Waals surface area contributed by atoms with E-state index in [9.17, 15) is 4.79 Å². The van der Waals surface area contributed by atoms with Crippen LogP contribution in [0.5, 0.6) is 5.75 Å². The number of ether oxygens (including phenoxy) is 1. The molecule has 1 aromatic carbocycles. The molecule has 98 valence electrons. The fourth-order valence-electron chi connectivity index (χ4n) is 1.96. The van der Waals surface area contributed by atoms with Crippen molar-refractivity contribution < 1.29 is 9.53 Å². The third kappa shape index (κ3) is 3.00. The van der Waals surface area contributed by atoms with E-state index in [1.165, 1.54) is 0 Å². The number of benzene rings is 1. The highest BCUT2D eigenvalue weighted by Gasteiger charge is 2.20. The highest BCUT2D eigenvalue weighted by molar-refractivity contribution is 5.95. The SMILES string of the molecule is COc1ccc(NC(=O)C2CNCCN2)c(C)c1. The summed E-state index contributed by atoms with van der Waals surface area (Å²) >= 11 is 0. The number of aryl methyl sites for hydroxylation is 1.